The summed E-state index contributed by atoms with van der Waals surface area (Å²) < 4.78 is 24.8. The van der Waals surface area contributed by atoms with Crippen LogP contribution in [0.4, 0.5) is 4.39 Å². The lowest BCUT2D eigenvalue weighted by atomic mass is 10.2. The molecule has 1 unspecified atom stereocenters. The molecule has 1 amide bonds. The monoisotopic (exact) mass is 384 g/mol. The van der Waals surface area contributed by atoms with Gasteiger partial charge in [0.05, 0.1) is 18.7 Å². The smallest absolute Gasteiger partial charge is 0.226 e. The fraction of sp³-hybridized carbons (Fsp3) is 0.200. The zero-order chi connectivity index (χ0) is 18.6. The van der Waals surface area contributed by atoms with Crippen LogP contribution in [0.15, 0.2) is 53.9 Å². The number of nitrogens with zero attached hydrogens (tertiary/aromatic N) is 1. The molecule has 1 aliphatic heterocycles. The van der Waals surface area contributed by atoms with E-state index in [0.29, 0.717) is 40.9 Å². The first-order valence-corrected chi connectivity index (χ1v) is 9.41. The van der Waals surface area contributed by atoms with Crippen LogP contribution in [0, 0.1) is 5.82 Å². The van der Waals surface area contributed by atoms with Gasteiger partial charge in [0.1, 0.15) is 23.5 Å². The lowest BCUT2D eigenvalue weighted by molar-refractivity contribution is -0.121. The number of hydrogen-bond acceptors (Lipinski definition) is 5. The largest absolute Gasteiger partial charge is 0.486 e. The van der Waals surface area contributed by atoms with Crippen molar-refractivity contribution in [3.63, 3.8) is 0 Å². The van der Waals surface area contributed by atoms with E-state index in [1.807, 2.05) is 29.6 Å². The maximum Gasteiger partial charge on any atom is 0.226 e. The number of thiazole rings is 1. The summed E-state index contributed by atoms with van der Waals surface area (Å²) in [6.07, 6.45) is -0.0715. The van der Waals surface area contributed by atoms with E-state index < -0.39 is 0 Å². The number of benzene rings is 2. The van der Waals surface area contributed by atoms with Crippen LogP contribution in [-0.2, 0) is 11.2 Å². The van der Waals surface area contributed by atoms with Gasteiger partial charge in [0, 0.05) is 10.9 Å². The first-order chi connectivity index (χ1) is 13.2. The molecule has 27 heavy (non-hydrogen) atoms. The zero-order valence-electron chi connectivity index (χ0n) is 14.4. The minimum absolute atomic E-state index is 0.145. The number of fused-ring (bicyclic) bond motifs is 1. The van der Waals surface area contributed by atoms with Crippen molar-refractivity contribution in [2.24, 2.45) is 0 Å². The number of amides is 1. The van der Waals surface area contributed by atoms with Crippen molar-refractivity contribution in [3.8, 4) is 22.1 Å². The molecule has 1 aromatic heterocycles. The summed E-state index contributed by atoms with van der Waals surface area (Å²) in [6.45, 7) is 0.742. The molecule has 1 N–H and O–H groups in total. The van der Waals surface area contributed by atoms with E-state index in [0.717, 1.165) is 0 Å². The number of hydrogen-bond donors (Lipinski definition) is 1. The molecule has 0 bridgehead atoms. The first kappa shape index (κ1) is 17.5. The van der Waals surface area contributed by atoms with Crippen LogP contribution in [0.2, 0.25) is 0 Å². The van der Waals surface area contributed by atoms with Crippen molar-refractivity contribution in [2.45, 2.75) is 12.5 Å². The van der Waals surface area contributed by atoms with E-state index in [1.54, 1.807) is 12.1 Å². The Morgan fingerprint density at radius 2 is 2.07 bits per heavy atom. The van der Waals surface area contributed by atoms with E-state index in [4.69, 9.17) is 9.47 Å². The Hall–Kier alpha value is -2.93. The van der Waals surface area contributed by atoms with Gasteiger partial charge in [0.2, 0.25) is 5.91 Å². The quantitative estimate of drug-likeness (QED) is 0.732. The van der Waals surface area contributed by atoms with Gasteiger partial charge in [-0.2, -0.15) is 0 Å². The maximum absolute atomic E-state index is 13.3. The molecule has 3 aromatic rings. The highest BCUT2D eigenvalue weighted by atomic mass is 32.1. The average molecular weight is 384 g/mol. The summed E-state index contributed by atoms with van der Waals surface area (Å²) in [6, 6.07) is 13.7. The maximum atomic E-state index is 13.3. The molecule has 0 fully saturated rings. The zero-order valence-corrected chi connectivity index (χ0v) is 15.2. The summed E-state index contributed by atoms with van der Waals surface area (Å²) >= 11 is 1.39. The number of carbonyl (C=O) groups excluding carboxylic acids is 1. The molecule has 1 aliphatic rings. The highest BCUT2D eigenvalue weighted by molar-refractivity contribution is 7.13. The van der Waals surface area contributed by atoms with Gasteiger partial charge in [0.25, 0.3) is 0 Å². The minimum Gasteiger partial charge on any atom is -0.486 e. The molecule has 1 atom stereocenters. The van der Waals surface area contributed by atoms with Gasteiger partial charge < -0.3 is 14.8 Å². The highest BCUT2D eigenvalue weighted by Crippen LogP contribution is 2.30. The molecular weight excluding hydrogens is 367 g/mol. The molecule has 2 heterocycles. The van der Waals surface area contributed by atoms with Crippen molar-refractivity contribution in [1.82, 2.24) is 10.3 Å². The molecule has 0 spiro atoms. The predicted octanol–water partition coefficient (Wildman–Crippen LogP) is 3.45. The van der Waals surface area contributed by atoms with Crippen molar-refractivity contribution in [1.29, 1.82) is 0 Å². The van der Waals surface area contributed by atoms with Gasteiger partial charge in [-0.1, -0.05) is 24.3 Å². The summed E-state index contributed by atoms with van der Waals surface area (Å²) in [5.74, 6) is 0.946. The Labute approximate surface area is 159 Å². The lowest BCUT2D eigenvalue weighted by Crippen LogP contribution is -2.41. The van der Waals surface area contributed by atoms with E-state index in [1.165, 1.54) is 23.5 Å². The van der Waals surface area contributed by atoms with Crippen LogP contribution >= 0.6 is 11.3 Å². The molecule has 0 radical (unpaired) electrons. The van der Waals surface area contributed by atoms with Gasteiger partial charge >= 0.3 is 0 Å². The van der Waals surface area contributed by atoms with Gasteiger partial charge in [-0.15, -0.1) is 11.3 Å². The number of rotatable bonds is 5. The molecule has 7 heteroatoms. The number of aromatic nitrogens is 1. The molecule has 138 valence electrons. The van der Waals surface area contributed by atoms with Crippen LogP contribution in [-0.4, -0.2) is 30.1 Å². The fourth-order valence-corrected chi connectivity index (χ4v) is 3.58. The molecular formula is C20H17FN2O3S. The standard InChI is InChI=1S/C20H17FN2O3S/c21-14-5-3-4-13(8-14)20-23-15(12-27-20)9-19(24)22-10-16-11-25-17-6-1-2-7-18(17)26-16/h1-8,12,16H,9-11H2,(H,22,24). The van der Waals surface area contributed by atoms with E-state index in [-0.39, 0.29) is 24.2 Å². The molecule has 5 nitrogen and oxygen atoms in total. The Bertz CT molecular complexity index is 960. The van der Waals surface area contributed by atoms with E-state index >= 15 is 0 Å². The highest BCUT2D eigenvalue weighted by Gasteiger charge is 2.21. The number of halogens is 1. The summed E-state index contributed by atoms with van der Waals surface area (Å²) in [5, 5.41) is 5.36. The number of carbonyl (C=O) groups is 1. The second-order valence-electron chi connectivity index (χ2n) is 6.13. The SMILES string of the molecule is O=C(Cc1csc(-c2cccc(F)c2)n1)NCC1COc2ccccc2O1. The number of ether oxygens (including phenoxy) is 2. The van der Waals surface area contributed by atoms with Crippen molar-refractivity contribution in [3.05, 3.63) is 65.4 Å². The Balaban J connectivity index is 1.30. The molecule has 2 aromatic carbocycles. The van der Waals surface area contributed by atoms with Gasteiger partial charge in [-0.3, -0.25) is 4.79 Å². The van der Waals surface area contributed by atoms with E-state index in [9.17, 15) is 9.18 Å². The second-order valence-corrected chi connectivity index (χ2v) is 6.99. The number of para-hydroxylation sites is 2. The van der Waals surface area contributed by atoms with Gasteiger partial charge in [-0.05, 0) is 24.3 Å². The van der Waals surface area contributed by atoms with Crippen molar-refractivity contribution >= 4 is 17.2 Å². The fourth-order valence-electron chi connectivity index (χ4n) is 2.76. The molecule has 0 aliphatic carbocycles. The van der Waals surface area contributed by atoms with Crippen LogP contribution in [0.1, 0.15) is 5.69 Å². The van der Waals surface area contributed by atoms with Crippen LogP contribution in [0.5, 0.6) is 11.5 Å². The van der Waals surface area contributed by atoms with Gasteiger partial charge in [0.15, 0.2) is 11.5 Å². The van der Waals surface area contributed by atoms with Crippen LogP contribution < -0.4 is 14.8 Å². The van der Waals surface area contributed by atoms with E-state index in [2.05, 4.69) is 10.3 Å². The summed E-state index contributed by atoms with van der Waals surface area (Å²) in [4.78, 5) is 16.6. The average Bonchev–Trinajstić information content (AvgIpc) is 3.15. The van der Waals surface area contributed by atoms with Gasteiger partial charge in [-0.25, -0.2) is 9.37 Å². The summed E-state index contributed by atoms with van der Waals surface area (Å²) in [5.41, 5.74) is 1.36. The second kappa shape index (κ2) is 7.75. The summed E-state index contributed by atoms with van der Waals surface area (Å²) in [7, 11) is 0. The third-order valence-corrected chi connectivity index (χ3v) is 5.00. The third kappa shape index (κ3) is 4.25. The first-order valence-electron chi connectivity index (χ1n) is 8.53. The van der Waals surface area contributed by atoms with Crippen LogP contribution in [0.25, 0.3) is 10.6 Å². The Kier molecular flexibility index (Phi) is 5.02. The Morgan fingerprint density at radius 3 is 2.93 bits per heavy atom. The number of nitrogens with one attached hydrogen (secondary N) is 1. The predicted molar refractivity (Wildman–Crippen MR) is 101 cm³/mol. The van der Waals surface area contributed by atoms with Crippen molar-refractivity contribution < 1.29 is 18.7 Å². The normalized spacial score (nSPS) is 15.4. The molecule has 0 saturated heterocycles. The minimum atomic E-state index is -0.307. The van der Waals surface area contributed by atoms with Crippen LogP contribution in [0.3, 0.4) is 0 Å². The van der Waals surface area contributed by atoms with Crippen molar-refractivity contribution in [2.75, 3.05) is 13.2 Å². The Morgan fingerprint density at radius 1 is 1.22 bits per heavy atom. The molecule has 0 saturated carbocycles. The molecule has 4 rings (SSSR count). The third-order valence-electron chi connectivity index (χ3n) is 4.06. The lowest BCUT2D eigenvalue weighted by Gasteiger charge is -2.26. The topological polar surface area (TPSA) is 60.5 Å².